The molecule has 0 radical (unpaired) electrons. The van der Waals surface area contributed by atoms with Crippen molar-refractivity contribution in [1.82, 2.24) is 14.8 Å². The van der Waals surface area contributed by atoms with Gasteiger partial charge in [0, 0.05) is 11.1 Å². The van der Waals surface area contributed by atoms with Gasteiger partial charge in [-0.05, 0) is 49.2 Å². The van der Waals surface area contributed by atoms with Gasteiger partial charge in [0.05, 0.1) is 26.3 Å². The van der Waals surface area contributed by atoms with Gasteiger partial charge >= 0.3 is 0 Å². The maximum absolute atomic E-state index is 13.8. The molecule has 0 unspecified atom stereocenters. The third kappa shape index (κ3) is 3.79. The Morgan fingerprint density at radius 3 is 2.35 bits per heavy atom. The molecule has 0 saturated heterocycles. The van der Waals surface area contributed by atoms with E-state index in [2.05, 4.69) is 10.1 Å². The van der Waals surface area contributed by atoms with Gasteiger partial charge in [0.2, 0.25) is 5.95 Å². The smallest absolute Gasteiger partial charge is 0.261 e. The molecule has 0 spiro atoms. The number of hydrogen-bond acceptors (Lipinski definition) is 5. The Morgan fingerprint density at radius 2 is 1.65 bits per heavy atom. The van der Waals surface area contributed by atoms with Crippen molar-refractivity contribution >= 4 is 11.9 Å². The van der Waals surface area contributed by atoms with Gasteiger partial charge in [0.25, 0.3) is 5.91 Å². The first-order valence-corrected chi connectivity index (χ1v) is 11.2. The molecule has 2 atom stereocenters. The number of fused-ring (bicyclic) bond motifs is 1. The molecule has 3 aromatic carbocycles. The normalized spacial score (nSPS) is 17.2. The maximum Gasteiger partial charge on any atom is 0.261 e. The van der Waals surface area contributed by atoms with E-state index in [1.807, 2.05) is 84.4 Å². The molecule has 34 heavy (non-hydrogen) atoms. The second-order valence-corrected chi connectivity index (χ2v) is 8.33. The fourth-order valence-corrected chi connectivity index (χ4v) is 4.57. The molecule has 1 aliphatic heterocycles. The first kappa shape index (κ1) is 21.7. The van der Waals surface area contributed by atoms with Crippen LogP contribution < -0.4 is 14.4 Å². The number of aryl methyl sites for hydroxylation is 1. The van der Waals surface area contributed by atoms with Gasteiger partial charge in [0.15, 0.2) is 0 Å². The second-order valence-electron chi connectivity index (χ2n) is 8.33. The average Bonchev–Trinajstić information content (AvgIpc) is 3.38. The summed E-state index contributed by atoms with van der Waals surface area (Å²) in [5, 5.41) is 4.52. The van der Waals surface area contributed by atoms with E-state index in [1.165, 1.54) is 6.33 Å². The average molecular weight is 455 g/mol. The quantitative estimate of drug-likeness (QED) is 0.425. The number of rotatable bonds is 5. The summed E-state index contributed by atoms with van der Waals surface area (Å²) in [5.74, 6) is 1.93. The molecule has 7 heteroatoms. The van der Waals surface area contributed by atoms with E-state index in [1.54, 1.807) is 19.1 Å². The van der Waals surface area contributed by atoms with E-state index in [0.29, 0.717) is 17.9 Å². The van der Waals surface area contributed by atoms with E-state index in [4.69, 9.17) is 9.47 Å². The minimum absolute atomic E-state index is 0.117. The molecule has 1 amide bonds. The van der Waals surface area contributed by atoms with Crippen LogP contribution in [0.3, 0.4) is 0 Å². The number of carbonyl (C=O) groups excluding carboxylic acids is 1. The van der Waals surface area contributed by atoms with Crippen LogP contribution in [0.5, 0.6) is 11.5 Å². The van der Waals surface area contributed by atoms with Crippen molar-refractivity contribution in [2.45, 2.75) is 25.4 Å². The van der Waals surface area contributed by atoms with Gasteiger partial charge in [0.1, 0.15) is 17.8 Å². The highest BCUT2D eigenvalue weighted by Gasteiger charge is 2.40. The van der Waals surface area contributed by atoms with Gasteiger partial charge in [-0.3, -0.25) is 9.69 Å². The van der Waals surface area contributed by atoms with Gasteiger partial charge < -0.3 is 9.47 Å². The fourth-order valence-electron chi connectivity index (χ4n) is 4.57. The summed E-state index contributed by atoms with van der Waals surface area (Å²) in [6, 6.07) is 23.0. The van der Waals surface area contributed by atoms with E-state index in [0.717, 1.165) is 28.2 Å². The predicted octanol–water partition coefficient (Wildman–Crippen LogP) is 4.98. The van der Waals surface area contributed by atoms with Crippen LogP contribution in [0.15, 0.2) is 79.1 Å². The maximum atomic E-state index is 13.8. The number of hydrogen-bond donors (Lipinski definition) is 0. The molecule has 4 aromatic rings. The summed E-state index contributed by atoms with van der Waals surface area (Å²) in [7, 11) is 3.31. The Balaban J connectivity index is 1.65. The molecule has 0 aliphatic carbocycles. The Morgan fingerprint density at radius 1 is 0.912 bits per heavy atom. The minimum atomic E-state index is -0.258. The van der Waals surface area contributed by atoms with Crippen LogP contribution in [0.1, 0.15) is 45.6 Å². The molecule has 1 aromatic heterocycles. The highest BCUT2D eigenvalue weighted by Crippen LogP contribution is 2.44. The number of carbonyl (C=O) groups is 1. The molecule has 7 nitrogen and oxygen atoms in total. The molecule has 0 N–H and O–H groups in total. The predicted molar refractivity (Wildman–Crippen MR) is 129 cm³/mol. The number of para-hydroxylation sites is 1. The van der Waals surface area contributed by atoms with Crippen LogP contribution in [-0.2, 0) is 0 Å². The Hall–Kier alpha value is -4.13. The number of methoxy groups -OCH3 is 2. The lowest BCUT2D eigenvalue weighted by atomic mass is 9.91. The van der Waals surface area contributed by atoms with Crippen LogP contribution in [0.25, 0.3) is 0 Å². The molecule has 0 fully saturated rings. The lowest BCUT2D eigenvalue weighted by molar-refractivity contribution is 0.0963. The summed E-state index contributed by atoms with van der Waals surface area (Å²) in [5.41, 5.74) is 3.70. The van der Waals surface area contributed by atoms with Crippen LogP contribution in [0, 0.1) is 6.92 Å². The number of nitrogens with zero attached hydrogens (tertiary/aromatic N) is 4. The van der Waals surface area contributed by atoms with Crippen molar-refractivity contribution in [3.63, 3.8) is 0 Å². The highest BCUT2D eigenvalue weighted by atomic mass is 16.5. The standard InChI is InChI=1S/C27H26N4O3/c1-18-8-10-20(11-9-18)26(32)30-23(19-12-14-21(33-2)15-13-19)16-24(31-27(30)28-17-29-31)22-6-4-5-7-25(22)34-3/h4-15,17,23-24H,16H2,1-3H3/t23-,24+/m1/s1. The number of aromatic nitrogens is 3. The third-order valence-corrected chi connectivity index (χ3v) is 6.34. The number of ether oxygens (including phenoxy) is 2. The Labute approximate surface area is 198 Å². The van der Waals surface area contributed by atoms with E-state index in [9.17, 15) is 4.79 Å². The lowest BCUT2D eigenvalue weighted by Crippen LogP contribution is -2.42. The Bertz CT molecular complexity index is 1300. The number of benzene rings is 3. The van der Waals surface area contributed by atoms with Crippen molar-refractivity contribution in [1.29, 1.82) is 0 Å². The molecule has 1 aliphatic rings. The van der Waals surface area contributed by atoms with E-state index < -0.39 is 0 Å². The van der Waals surface area contributed by atoms with Gasteiger partial charge in [-0.2, -0.15) is 10.1 Å². The summed E-state index contributed by atoms with van der Waals surface area (Å²) in [6.45, 7) is 2.00. The molecular formula is C27H26N4O3. The van der Waals surface area contributed by atoms with Crippen molar-refractivity contribution in [3.05, 3.63) is 101 Å². The topological polar surface area (TPSA) is 69.5 Å². The summed E-state index contributed by atoms with van der Waals surface area (Å²) < 4.78 is 12.8. The molecule has 0 saturated carbocycles. The van der Waals surface area contributed by atoms with Crippen LogP contribution >= 0.6 is 0 Å². The fraction of sp³-hybridized carbons (Fsp3) is 0.222. The zero-order valence-electron chi connectivity index (χ0n) is 19.4. The zero-order chi connectivity index (χ0) is 23.7. The summed E-state index contributed by atoms with van der Waals surface area (Å²) in [4.78, 5) is 20.1. The number of amides is 1. The van der Waals surface area contributed by atoms with Gasteiger partial charge in [-0.25, -0.2) is 4.68 Å². The minimum Gasteiger partial charge on any atom is -0.497 e. The Kier molecular flexibility index (Phi) is 5.76. The van der Waals surface area contributed by atoms with Gasteiger partial charge in [-0.15, -0.1) is 0 Å². The SMILES string of the molecule is COc1ccc([C@H]2C[C@@H](c3ccccc3OC)n3ncnc3N2C(=O)c2ccc(C)cc2)cc1. The summed E-state index contributed by atoms with van der Waals surface area (Å²) in [6.07, 6.45) is 2.12. The van der Waals surface area contributed by atoms with E-state index >= 15 is 0 Å². The zero-order valence-corrected chi connectivity index (χ0v) is 19.4. The van der Waals surface area contributed by atoms with Crippen LogP contribution in [0.4, 0.5) is 5.95 Å². The van der Waals surface area contributed by atoms with Crippen LogP contribution in [0.2, 0.25) is 0 Å². The van der Waals surface area contributed by atoms with E-state index in [-0.39, 0.29) is 18.0 Å². The van der Waals surface area contributed by atoms with Crippen LogP contribution in [-0.4, -0.2) is 34.9 Å². The summed E-state index contributed by atoms with van der Waals surface area (Å²) >= 11 is 0. The van der Waals surface area contributed by atoms with Gasteiger partial charge in [-0.1, -0.05) is 48.0 Å². The first-order chi connectivity index (χ1) is 16.6. The number of anilines is 1. The largest absolute Gasteiger partial charge is 0.497 e. The second kappa shape index (κ2) is 9.02. The molecule has 172 valence electrons. The first-order valence-electron chi connectivity index (χ1n) is 11.2. The lowest BCUT2D eigenvalue weighted by Gasteiger charge is -2.39. The monoisotopic (exact) mass is 454 g/mol. The molecular weight excluding hydrogens is 428 g/mol. The molecule has 0 bridgehead atoms. The molecule has 5 rings (SSSR count). The third-order valence-electron chi connectivity index (χ3n) is 6.34. The van der Waals surface area contributed by atoms with Crippen molar-refractivity contribution < 1.29 is 14.3 Å². The van der Waals surface area contributed by atoms with Crippen molar-refractivity contribution in [2.24, 2.45) is 0 Å². The molecule has 2 heterocycles. The van der Waals surface area contributed by atoms with Crippen molar-refractivity contribution in [3.8, 4) is 11.5 Å². The highest BCUT2D eigenvalue weighted by molar-refractivity contribution is 6.06. The van der Waals surface area contributed by atoms with Crippen molar-refractivity contribution in [2.75, 3.05) is 19.1 Å².